The third-order valence-corrected chi connectivity index (χ3v) is 2.93. The van der Waals surface area contributed by atoms with Gasteiger partial charge in [-0.15, -0.1) is 0 Å². The molecule has 0 atom stereocenters. The van der Waals surface area contributed by atoms with E-state index in [2.05, 4.69) is 10.3 Å². The zero-order chi connectivity index (χ0) is 13.7. The number of nitrogens with two attached hydrogens (primary N) is 1. The summed E-state index contributed by atoms with van der Waals surface area (Å²) in [6, 6.07) is 4.86. The minimum absolute atomic E-state index is 0.203. The van der Waals surface area contributed by atoms with E-state index in [1.165, 1.54) is 0 Å². The summed E-state index contributed by atoms with van der Waals surface area (Å²) in [5.74, 6) is -0.203. The molecule has 100 valence electrons. The second-order valence-corrected chi connectivity index (χ2v) is 4.58. The van der Waals surface area contributed by atoms with Crippen molar-refractivity contribution in [2.24, 2.45) is 0 Å². The highest BCUT2D eigenvalue weighted by Crippen LogP contribution is 2.17. The average molecular weight is 279 g/mol. The van der Waals surface area contributed by atoms with Gasteiger partial charge in [-0.2, -0.15) is 0 Å². The Hall–Kier alpha value is -2.01. The first-order valence-electron chi connectivity index (χ1n) is 5.96. The smallest absolute Gasteiger partial charge is 0.253 e. The maximum absolute atomic E-state index is 11.9. The summed E-state index contributed by atoms with van der Waals surface area (Å²) < 4.78 is 1.96. The molecule has 0 saturated carbocycles. The van der Waals surface area contributed by atoms with Gasteiger partial charge in [0.05, 0.1) is 11.9 Å². The van der Waals surface area contributed by atoms with Gasteiger partial charge in [0.1, 0.15) is 0 Å². The first-order chi connectivity index (χ1) is 9.16. The molecule has 0 fully saturated rings. The maximum Gasteiger partial charge on any atom is 0.253 e. The van der Waals surface area contributed by atoms with E-state index in [0.717, 1.165) is 13.0 Å². The first kappa shape index (κ1) is 13.4. The lowest BCUT2D eigenvalue weighted by molar-refractivity contribution is 0.0953. The highest BCUT2D eigenvalue weighted by atomic mass is 35.5. The fourth-order valence-corrected chi connectivity index (χ4v) is 1.88. The summed E-state index contributed by atoms with van der Waals surface area (Å²) in [7, 11) is 0. The van der Waals surface area contributed by atoms with Crippen molar-refractivity contribution in [3.8, 4) is 0 Å². The minimum Gasteiger partial charge on any atom is -0.398 e. The molecular formula is C13H15ClN4O. The average Bonchev–Trinajstić information content (AvgIpc) is 2.90. The normalized spacial score (nSPS) is 10.4. The topological polar surface area (TPSA) is 72.9 Å². The Kier molecular flexibility index (Phi) is 4.41. The Bertz CT molecular complexity index is 554. The number of aryl methyl sites for hydroxylation is 1. The highest BCUT2D eigenvalue weighted by molar-refractivity contribution is 6.31. The molecule has 1 aromatic heterocycles. The van der Waals surface area contributed by atoms with Crippen LogP contribution in [0.2, 0.25) is 5.02 Å². The van der Waals surface area contributed by atoms with E-state index in [0.29, 0.717) is 22.8 Å². The Morgan fingerprint density at radius 3 is 3.05 bits per heavy atom. The number of benzene rings is 1. The van der Waals surface area contributed by atoms with Gasteiger partial charge in [-0.1, -0.05) is 11.6 Å². The fraction of sp³-hybridized carbons (Fsp3) is 0.231. The molecule has 0 aliphatic carbocycles. The van der Waals surface area contributed by atoms with Gasteiger partial charge >= 0.3 is 0 Å². The van der Waals surface area contributed by atoms with E-state index in [4.69, 9.17) is 17.3 Å². The lowest BCUT2D eigenvalue weighted by Gasteiger charge is -2.08. The van der Waals surface area contributed by atoms with Crippen molar-refractivity contribution in [3.05, 3.63) is 47.5 Å². The Balaban J connectivity index is 1.82. The largest absolute Gasteiger partial charge is 0.398 e. The monoisotopic (exact) mass is 278 g/mol. The minimum atomic E-state index is -0.203. The molecule has 6 heteroatoms. The van der Waals surface area contributed by atoms with Crippen molar-refractivity contribution in [2.75, 3.05) is 12.3 Å². The van der Waals surface area contributed by atoms with Gasteiger partial charge < -0.3 is 15.6 Å². The molecule has 5 nitrogen and oxygen atoms in total. The van der Waals surface area contributed by atoms with Crippen molar-refractivity contribution >= 4 is 23.2 Å². The van der Waals surface area contributed by atoms with Crippen LogP contribution in [0.3, 0.4) is 0 Å². The quantitative estimate of drug-likeness (QED) is 0.648. The molecule has 2 rings (SSSR count). The second kappa shape index (κ2) is 6.24. The number of aromatic nitrogens is 2. The lowest BCUT2D eigenvalue weighted by Crippen LogP contribution is -2.26. The molecule has 2 aromatic rings. The molecule has 0 aliphatic heterocycles. The number of nitrogen functional groups attached to an aromatic ring is 1. The molecule has 19 heavy (non-hydrogen) atoms. The van der Waals surface area contributed by atoms with Crippen molar-refractivity contribution < 1.29 is 4.79 Å². The summed E-state index contributed by atoms with van der Waals surface area (Å²) >= 11 is 5.84. The van der Waals surface area contributed by atoms with Crippen LogP contribution < -0.4 is 11.1 Å². The van der Waals surface area contributed by atoms with Gasteiger partial charge in [0.15, 0.2) is 0 Å². The molecule has 1 amide bonds. The number of rotatable bonds is 5. The van der Waals surface area contributed by atoms with E-state index < -0.39 is 0 Å². The summed E-state index contributed by atoms with van der Waals surface area (Å²) in [6.07, 6.45) is 6.18. The van der Waals surface area contributed by atoms with Crippen LogP contribution in [0.5, 0.6) is 0 Å². The van der Waals surface area contributed by atoms with Crippen LogP contribution in [-0.2, 0) is 6.54 Å². The van der Waals surface area contributed by atoms with Crippen molar-refractivity contribution in [2.45, 2.75) is 13.0 Å². The van der Waals surface area contributed by atoms with E-state index >= 15 is 0 Å². The van der Waals surface area contributed by atoms with Crippen LogP contribution in [0.1, 0.15) is 16.8 Å². The van der Waals surface area contributed by atoms with Gasteiger partial charge in [-0.25, -0.2) is 4.98 Å². The molecular weight excluding hydrogens is 264 g/mol. The summed E-state index contributed by atoms with van der Waals surface area (Å²) in [4.78, 5) is 15.9. The summed E-state index contributed by atoms with van der Waals surface area (Å²) in [5.41, 5.74) is 6.58. The number of hydrogen-bond donors (Lipinski definition) is 2. The zero-order valence-electron chi connectivity index (χ0n) is 10.3. The number of halogens is 1. The predicted molar refractivity (Wildman–Crippen MR) is 75.0 cm³/mol. The van der Waals surface area contributed by atoms with Crippen LogP contribution in [0.4, 0.5) is 5.69 Å². The molecule has 0 spiro atoms. The van der Waals surface area contributed by atoms with Crippen LogP contribution in [-0.4, -0.2) is 22.0 Å². The number of nitrogens with zero attached hydrogens (tertiary/aromatic N) is 2. The third kappa shape index (κ3) is 3.72. The van der Waals surface area contributed by atoms with E-state index in [-0.39, 0.29) is 5.91 Å². The van der Waals surface area contributed by atoms with Crippen LogP contribution >= 0.6 is 11.6 Å². The highest BCUT2D eigenvalue weighted by Gasteiger charge is 2.09. The number of carbonyl (C=O) groups excluding carboxylic acids is 1. The number of nitrogens with one attached hydrogen (secondary N) is 1. The van der Waals surface area contributed by atoms with E-state index in [1.54, 1.807) is 30.7 Å². The Labute approximate surface area is 116 Å². The maximum atomic E-state index is 11.9. The number of anilines is 1. The fourth-order valence-electron chi connectivity index (χ4n) is 1.70. The molecule has 1 heterocycles. The van der Waals surface area contributed by atoms with Crippen molar-refractivity contribution in [1.29, 1.82) is 0 Å². The van der Waals surface area contributed by atoms with Crippen molar-refractivity contribution in [3.63, 3.8) is 0 Å². The Morgan fingerprint density at radius 1 is 1.47 bits per heavy atom. The molecule has 3 N–H and O–H groups in total. The number of amides is 1. The number of imidazole rings is 1. The standard InChI is InChI=1S/C13H15ClN4O/c14-10-2-3-12(15)11(8-10)13(19)17-4-1-6-18-7-5-16-9-18/h2-3,5,7-9H,1,4,6,15H2,(H,17,19). The molecule has 0 radical (unpaired) electrons. The van der Waals surface area contributed by atoms with Gasteiger partial charge in [-0.3, -0.25) is 4.79 Å². The van der Waals surface area contributed by atoms with Gasteiger partial charge in [0, 0.05) is 36.2 Å². The van der Waals surface area contributed by atoms with Gasteiger partial charge in [0.25, 0.3) is 5.91 Å². The van der Waals surface area contributed by atoms with Crippen LogP contribution in [0.15, 0.2) is 36.9 Å². The van der Waals surface area contributed by atoms with Crippen LogP contribution in [0.25, 0.3) is 0 Å². The molecule has 0 bridgehead atoms. The number of hydrogen-bond acceptors (Lipinski definition) is 3. The SMILES string of the molecule is Nc1ccc(Cl)cc1C(=O)NCCCn1ccnc1. The van der Waals surface area contributed by atoms with Gasteiger partial charge in [-0.05, 0) is 24.6 Å². The lowest BCUT2D eigenvalue weighted by atomic mass is 10.1. The summed E-state index contributed by atoms with van der Waals surface area (Å²) in [5, 5.41) is 3.32. The van der Waals surface area contributed by atoms with Crippen molar-refractivity contribution in [1.82, 2.24) is 14.9 Å². The zero-order valence-corrected chi connectivity index (χ0v) is 11.1. The number of carbonyl (C=O) groups is 1. The second-order valence-electron chi connectivity index (χ2n) is 4.14. The van der Waals surface area contributed by atoms with Gasteiger partial charge in [0.2, 0.25) is 0 Å². The molecule has 1 aromatic carbocycles. The van der Waals surface area contributed by atoms with Crippen LogP contribution in [0, 0.1) is 0 Å². The Morgan fingerprint density at radius 2 is 2.32 bits per heavy atom. The predicted octanol–water partition coefficient (Wildman–Crippen LogP) is 1.94. The van der Waals surface area contributed by atoms with E-state index in [1.807, 2.05) is 10.8 Å². The first-order valence-corrected chi connectivity index (χ1v) is 6.33. The molecule has 0 aliphatic rings. The molecule has 0 unspecified atom stereocenters. The molecule has 0 saturated heterocycles. The van der Waals surface area contributed by atoms with E-state index in [9.17, 15) is 4.79 Å². The summed E-state index contributed by atoms with van der Waals surface area (Å²) in [6.45, 7) is 1.38. The third-order valence-electron chi connectivity index (χ3n) is 2.70.